The second kappa shape index (κ2) is 8.69. The molecule has 0 saturated carbocycles. The van der Waals surface area contributed by atoms with Crippen molar-refractivity contribution in [1.29, 1.82) is 0 Å². The largest absolute Gasteiger partial charge is 0.469 e. The molecule has 106 valence electrons. The minimum Gasteiger partial charge on any atom is -0.469 e. The minimum absolute atomic E-state index is 0.155. The van der Waals surface area contributed by atoms with E-state index in [4.69, 9.17) is 0 Å². The number of rotatable bonds is 7. The second-order valence-electron chi connectivity index (χ2n) is 4.14. The molecular formula is C16H19NO3. The van der Waals surface area contributed by atoms with Gasteiger partial charge in [0.05, 0.1) is 13.5 Å². The Balaban J connectivity index is 2.61. The fourth-order valence-electron chi connectivity index (χ4n) is 1.61. The first-order chi connectivity index (χ1) is 9.67. The van der Waals surface area contributed by atoms with Gasteiger partial charge in [0.1, 0.15) is 0 Å². The van der Waals surface area contributed by atoms with Crippen molar-refractivity contribution in [2.24, 2.45) is 0 Å². The predicted molar refractivity (Wildman–Crippen MR) is 78.9 cm³/mol. The summed E-state index contributed by atoms with van der Waals surface area (Å²) in [6, 6.07) is 9.55. The van der Waals surface area contributed by atoms with E-state index in [-0.39, 0.29) is 18.3 Å². The van der Waals surface area contributed by atoms with Crippen LogP contribution in [0.5, 0.6) is 0 Å². The van der Waals surface area contributed by atoms with Crippen LogP contribution in [0.2, 0.25) is 0 Å². The summed E-state index contributed by atoms with van der Waals surface area (Å²) in [5, 5.41) is 0. The predicted octanol–water partition coefficient (Wildman–Crippen LogP) is 2.28. The standard InChI is InChI=1S/C16H19NO3/c1-3-12-17(13-11-16(19)20-2)15(18)10-9-14-7-5-4-6-8-14/h3-10H,1,11-13H2,2H3/b10-9+. The summed E-state index contributed by atoms with van der Waals surface area (Å²) >= 11 is 0. The van der Waals surface area contributed by atoms with Crippen LogP contribution in [-0.2, 0) is 14.3 Å². The Bertz CT molecular complexity index is 480. The van der Waals surface area contributed by atoms with E-state index in [9.17, 15) is 9.59 Å². The van der Waals surface area contributed by atoms with Gasteiger partial charge in [0.15, 0.2) is 0 Å². The lowest BCUT2D eigenvalue weighted by Gasteiger charge is -2.18. The Morgan fingerprint density at radius 1 is 1.30 bits per heavy atom. The molecule has 0 bridgehead atoms. The van der Waals surface area contributed by atoms with E-state index in [0.717, 1.165) is 5.56 Å². The average molecular weight is 273 g/mol. The molecule has 0 aliphatic heterocycles. The van der Waals surface area contributed by atoms with Crippen molar-refractivity contribution in [3.63, 3.8) is 0 Å². The molecule has 0 saturated heterocycles. The molecule has 20 heavy (non-hydrogen) atoms. The lowest BCUT2D eigenvalue weighted by atomic mass is 10.2. The molecule has 0 atom stereocenters. The molecule has 0 radical (unpaired) electrons. The first kappa shape index (κ1) is 15.7. The van der Waals surface area contributed by atoms with Crippen LogP contribution in [0.3, 0.4) is 0 Å². The van der Waals surface area contributed by atoms with Crippen LogP contribution in [-0.4, -0.2) is 37.0 Å². The summed E-state index contributed by atoms with van der Waals surface area (Å²) in [5.41, 5.74) is 0.951. The molecule has 0 aromatic heterocycles. The normalized spacial score (nSPS) is 10.2. The van der Waals surface area contributed by atoms with Crippen molar-refractivity contribution in [1.82, 2.24) is 4.90 Å². The van der Waals surface area contributed by atoms with E-state index in [1.54, 1.807) is 17.1 Å². The van der Waals surface area contributed by atoms with Crippen LogP contribution >= 0.6 is 0 Å². The third-order valence-electron chi connectivity index (χ3n) is 2.69. The number of benzene rings is 1. The molecule has 0 aliphatic carbocycles. The van der Waals surface area contributed by atoms with Crippen molar-refractivity contribution in [2.75, 3.05) is 20.2 Å². The van der Waals surface area contributed by atoms with E-state index < -0.39 is 0 Å². The van der Waals surface area contributed by atoms with Crippen LogP contribution in [0, 0.1) is 0 Å². The maximum Gasteiger partial charge on any atom is 0.307 e. The summed E-state index contributed by atoms with van der Waals surface area (Å²) < 4.78 is 4.57. The Kier molecular flexibility index (Phi) is 6.82. The van der Waals surface area contributed by atoms with Gasteiger partial charge in [0, 0.05) is 19.2 Å². The van der Waals surface area contributed by atoms with Crippen molar-refractivity contribution in [3.8, 4) is 0 Å². The Morgan fingerprint density at radius 2 is 2.00 bits per heavy atom. The van der Waals surface area contributed by atoms with Gasteiger partial charge < -0.3 is 9.64 Å². The molecule has 1 rings (SSSR count). The monoisotopic (exact) mass is 273 g/mol. The number of esters is 1. The van der Waals surface area contributed by atoms with Crippen molar-refractivity contribution >= 4 is 18.0 Å². The highest BCUT2D eigenvalue weighted by Crippen LogP contribution is 2.03. The molecule has 1 aromatic rings. The maximum absolute atomic E-state index is 12.0. The van der Waals surface area contributed by atoms with E-state index in [0.29, 0.717) is 13.1 Å². The number of nitrogens with zero attached hydrogens (tertiary/aromatic N) is 1. The number of carbonyl (C=O) groups is 2. The molecular weight excluding hydrogens is 254 g/mol. The lowest BCUT2D eigenvalue weighted by Crippen LogP contribution is -2.32. The molecule has 1 aromatic carbocycles. The first-order valence-corrected chi connectivity index (χ1v) is 6.37. The molecule has 0 aliphatic rings. The van der Waals surface area contributed by atoms with E-state index in [1.165, 1.54) is 13.2 Å². The Morgan fingerprint density at radius 3 is 2.60 bits per heavy atom. The molecule has 0 unspecified atom stereocenters. The number of amides is 1. The SMILES string of the molecule is C=CCN(CCC(=O)OC)C(=O)/C=C/c1ccccc1. The first-order valence-electron chi connectivity index (χ1n) is 6.37. The number of hydrogen-bond acceptors (Lipinski definition) is 3. The van der Waals surface area contributed by atoms with Crippen LogP contribution in [0.4, 0.5) is 0 Å². The number of carbonyl (C=O) groups excluding carboxylic acids is 2. The van der Waals surface area contributed by atoms with Crippen LogP contribution in [0.15, 0.2) is 49.1 Å². The molecule has 0 fully saturated rings. The number of methoxy groups -OCH3 is 1. The zero-order valence-corrected chi connectivity index (χ0v) is 11.6. The van der Waals surface area contributed by atoms with Gasteiger partial charge in [0.25, 0.3) is 0 Å². The zero-order valence-electron chi connectivity index (χ0n) is 11.6. The highest BCUT2D eigenvalue weighted by Gasteiger charge is 2.11. The molecule has 0 spiro atoms. The van der Waals surface area contributed by atoms with Gasteiger partial charge in [-0.15, -0.1) is 6.58 Å². The highest BCUT2D eigenvalue weighted by molar-refractivity contribution is 5.92. The Labute approximate surface area is 119 Å². The topological polar surface area (TPSA) is 46.6 Å². The van der Waals surface area contributed by atoms with E-state index in [2.05, 4.69) is 11.3 Å². The van der Waals surface area contributed by atoms with Gasteiger partial charge in [-0.2, -0.15) is 0 Å². The molecule has 0 N–H and O–H groups in total. The fourth-order valence-corrected chi connectivity index (χ4v) is 1.61. The summed E-state index contributed by atoms with van der Waals surface area (Å²) in [4.78, 5) is 24.7. The van der Waals surface area contributed by atoms with Gasteiger partial charge in [-0.05, 0) is 11.6 Å². The van der Waals surface area contributed by atoms with Gasteiger partial charge in [0.2, 0.25) is 5.91 Å². The quantitative estimate of drug-likeness (QED) is 0.435. The summed E-state index contributed by atoms with van der Waals surface area (Å²) in [5.74, 6) is -0.489. The van der Waals surface area contributed by atoms with Crippen molar-refractivity contribution < 1.29 is 14.3 Å². The summed E-state index contributed by atoms with van der Waals surface area (Å²) in [6.45, 7) is 4.33. The fraction of sp³-hybridized carbons (Fsp3) is 0.250. The van der Waals surface area contributed by atoms with Gasteiger partial charge >= 0.3 is 5.97 Å². The van der Waals surface area contributed by atoms with Crippen molar-refractivity contribution in [3.05, 3.63) is 54.6 Å². The van der Waals surface area contributed by atoms with E-state index >= 15 is 0 Å². The zero-order chi connectivity index (χ0) is 14.8. The lowest BCUT2D eigenvalue weighted by molar-refractivity contribution is -0.141. The minimum atomic E-state index is -0.334. The molecule has 4 heteroatoms. The Hall–Kier alpha value is -2.36. The highest BCUT2D eigenvalue weighted by atomic mass is 16.5. The van der Waals surface area contributed by atoms with Crippen LogP contribution < -0.4 is 0 Å². The van der Waals surface area contributed by atoms with E-state index in [1.807, 2.05) is 30.3 Å². The van der Waals surface area contributed by atoms with Gasteiger partial charge in [-0.1, -0.05) is 36.4 Å². The second-order valence-corrected chi connectivity index (χ2v) is 4.14. The molecule has 0 heterocycles. The molecule has 1 amide bonds. The maximum atomic E-state index is 12.0. The molecule has 4 nitrogen and oxygen atoms in total. The number of hydrogen-bond donors (Lipinski definition) is 0. The van der Waals surface area contributed by atoms with Crippen molar-refractivity contribution in [2.45, 2.75) is 6.42 Å². The summed E-state index contributed by atoms with van der Waals surface area (Å²) in [6.07, 6.45) is 5.05. The van der Waals surface area contributed by atoms with Crippen LogP contribution in [0.25, 0.3) is 6.08 Å². The number of ether oxygens (including phenoxy) is 1. The smallest absolute Gasteiger partial charge is 0.307 e. The van der Waals surface area contributed by atoms with Gasteiger partial charge in [-0.25, -0.2) is 0 Å². The third kappa shape index (κ3) is 5.52. The average Bonchev–Trinajstić information content (AvgIpc) is 2.49. The summed E-state index contributed by atoms with van der Waals surface area (Å²) in [7, 11) is 1.33. The third-order valence-corrected chi connectivity index (χ3v) is 2.69. The van der Waals surface area contributed by atoms with Gasteiger partial charge in [-0.3, -0.25) is 9.59 Å². The van der Waals surface area contributed by atoms with Crippen LogP contribution in [0.1, 0.15) is 12.0 Å².